The maximum atomic E-state index is 9.80. The van der Waals surface area contributed by atoms with Gasteiger partial charge in [0.2, 0.25) is 0 Å². The van der Waals surface area contributed by atoms with Crippen LogP contribution < -0.4 is 0 Å². The zero-order valence-corrected chi connectivity index (χ0v) is 10.0. The molecule has 0 amide bonds. The molecule has 0 aromatic heterocycles. The second kappa shape index (κ2) is 3.63. The van der Waals surface area contributed by atoms with E-state index in [2.05, 4.69) is 45.7 Å². The van der Waals surface area contributed by atoms with E-state index < -0.39 is 13.8 Å². The molecule has 0 unspecified atom stereocenters. The third kappa shape index (κ3) is 2.36. The van der Waals surface area contributed by atoms with E-state index in [0.29, 0.717) is 0 Å². The van der Waals surface area contributed by atoms with Crippen molar-refractivity contribution in [1.29, 1.82) is 0 Å². The highest BCUT2D eigenvalue weighted by Crippen LogP contribution is 2.37. The molecule has 0 spiro atoms. The molecule has 0 aliphatic carbocycles. The van der Waals surface area contributed by atoms with E-state index in [-0.39, 0.29) is 5.04 Å². The second-order valence-electron chi connectivity index (χ2n) is 4.77. The lowest BCUT2D eigenvalue weighted by Gasteiger charge is -2.38. The van der Waals surface area contributed by atoms with Crippen molar-refractivity contribution in [3.05, 3.63) is 0 Å². The number of aliphatic hydroxyl groups is 1. The molecule has 0 heterocycles. The molecule has 2 heteroatoms. The first-order valence-electron chi connectivity index (χ1n) is 4.34. The first kappa shape index (κ1) is 11.7. The molecule has 0 saturated carbocycles. The standard InChI is InChI=1S/C10H20OSi/c1-7-8-9(11)12(5,6)10(2,3)4/h9,11H,1-6H3/t9-/m0/s1. The average molecular weight is 184 g/mol. The molecule has 0 rings (SSSR count). The Hall–Kier alpha value is -0.263. The first-order chi connectivity index (χ1) is 5.23. The van der Waals surface area contributed by atoms with Gasteiger partial charge < -0.3 is 5.11 Å². The Labute approximate surface area is 77.2 Å². The van der Waals surface area contributed by atoms with Gasteiger partial charge in [0.25, 0.3) is 0 Å². The van der Waals surface area contributed by atoms with Crippen LogP contribution in [-0.2, 0) is 0 Å². The monoisotopic (exact) mass is 184 g/mol. The van der Waals surface area contributed by atoms with Crippen LogP contribution in [0.5, 0.6) is 0 Å². The zero-order chi connectivity index (χ0) is 9.99. The normalized spacial score (nSPS) is 14.9. The van der Waals surface area contributed by atoms with Crippen LogP contribution in [0.4, 0.5) is 0 Å². The van der Waals surface area contributed by atoms with Gasteiger partial charge in [-0.3, -0.25) is 0 Å². The molecule has 12 heavy (non-hydrogen) atoms. The fourth-order valence-electron chi connectivity index (χ4n) is 0.727. The smallest absolute Gasteiger partial charge is 0.103 e. The highest BCUT2D eigenvalue weighted by Gasteiger charge is 2.40. The summed E-state index contributed by atoms with van der Waals surface area (Å²) < 4.78 is 0. The molecule has 0 fully saturated rings. The molecule has 1 N–H and O–H groups in total. The van der Waals surface area contributed by atoms with Crippen LogP contribution in [0.3, 0.4) is 0 Å². The zero-order valence-electron chi connectivity index (χ0n) is 9.02. The third-order valence-electron chi connectivity index (χ3n) is 2.90. The van der Waals surface area contributed by atoms with Gasteiger partial charge in [-0.25, -0.2) is 0 Å². The number of hydrogen-bond donors (Lipinski definition) is 1. The van der Waals surface area contributed by atoms with Gasteiger partial charge in [-0.05, 0) is 12.0 Å². The summed E-state index contributed by atoms with van der Waals surface area (Å²) in [7, 11) is -1.65. The van der Waals surface area contributed by atoms with Gasteiger partial charge in [0.15, 0.2) is 0 Å². The molecule has 0 aliphatic heterocycles. The quantitative estimate of drug-likeness (QED) is 0.490. The Morgan fingerprint density at radius 1 is 1.25 bits per heavy atom. The SMILES string of the molecule is CC#C[C@@H](O)[Si](C)(C)C(C)(C)C. The second-order valence-corrected chi connectivity index (χ2v) is 10.3. The lowest BCUT2D eigenvalue weighted by molar-refractivity contribution is 0.292. The Morgan fingerprint density at radius 2 is 1.67 bits per heavy atom. The molecule has 0 radical (unpaired) electrons. The molecule has 0 aromatic rings. The van der Waals surface area contributed by atoms with Crippen LogP contribution in [0.1, 0.15) is 27.7 Å². The van der Waals surface area contributed by atoms with Gasteiger partial charge in [0.05, 0.1) is 0 Å². The Morgan fingerprint density at radius 3 is 1.92 bits per heavy atom. The highest BCUT2D eigenvalue weighted by atomic mass is 28.3. The molecule has 70 valence electrons. The van der Waals surface area contributed by atoms with Gasteiger partial charge in [0.1, 0.15) is 13.8 Å². The van der Waals surface area contributed by atoms with E-state index in [0.717, 1.165) is 0 Å². The van der Waals surface area contributed by atoms with Crippen molar-refractivity contribution < 1.29 is 5.11 Å². The average Bonchev–Trinajstić information content (AvgIpc) is 1.85. The van der Waals surface area contributed by atoms with Crippen molar-refractivity contribution in [2.24, 2.45) is 0 Å². The number of rotatable bonds is 1. The molecule has 1 atom stereocenters. The van der Waals surface area contributed by atoms with E-state index in [1.807, 2.05) is 0 Å². The summed E-state index contributed by atoms with van der Waals surface area (Å²) >= 11 is 0. The molecule has 0 aliphatic rings. The van der Waals surface area contributed by atoms with Crippen molar-refractivity contribution in [3.63, 3.8) is 0 Å². The fraction of sp³-hybridized carbons (Fsp3) is 0.800. The lowest BCUT2D eigenvalue weighted by atomic mass is 10.2. The van der Waals surface area contributed by atoms with Crippen LogP contribution in [0.2, 0.25) is 18.1 Å². The molecule has 0 bridgehead atoms. The van der Waals surface area contributed by atoms with Gasteiger partial charge in [0, 0.05) is 0 Å². The minimum Gasteiger partial charge on any atom is -0.384 e. The summed E-state index contributed by atoms with van der Waals surface area (Å²) in [6, 6.07) is 0. The number of hydrogen-bond acceptors (Lipinski definition) is 1. The largest absolute Gasteiger partial charge is 0.384 e. The molecular weight excluding hydrogens is 164 g/mol. The van der Waals surface area contributed by atoms with Crippen LogP contribution in [0, 0.1) is 11.8 Å². The van der Waals surface area contributed by atoms with E-state index >= 15 is 0 Å². The van der Waals surface area contributed by atoms with Crippen LogP contribution in [0.25, 0.3) is 0 Å². The maximum absolute atomic E-state index is 9.80. The van der Waals surface area contributed by atoms with Gasteiger partial charge in [-0.2, -0.15) is 0 Å². The van der Waals surface area contributed by atoms with Crippen molar-refractivity contribution >= 4 is 8.07 Å². The predicted molar refractivity (Wildman–Crippen MR) is 56.7 cm³/mol. The Bertz CT molecular complexity index is 202. The Balaban J connectivity index is 4.69. The molecule has 1 nitrogen and oxygen atoms in total. The third-order valence-corrected chi connectivity index (χ3v) is 8.28. The van der Waals surface area contributed by atoms with Crippen molar-refractivity contribution in [2.75, 3.05) is 0 Å². The minimum atomic E-state index is -1.65. The van der Waals surface area contributed by atoms with Crippen LogP contribution in [0.15, 0.2) is 0 Å². The Kier molecular flexibility index (Phi) is 3.55. The van der Waals surface area contributed by atoms with Crippen molar-refractivity contribution in [3.8, 4) is 11.8 Å². The van der Waals surface area contributed by atoms with Gasteiger partial charge >= 0.3 is 0 Å². The van der Waals surface area contributed by atoms with Crippen molar-refractivity contribution in [1.82, 2.24) is 0 Å². The van der Waals surface area contributed by atoms with Crippen molar-refractivity contribution in [2.45, 2.75) is 51.6 Å². The van der Waals surface area contributed by atoms with Gasteiger partial charge in [-0.1, -0.05) is 39.8 Å². The molecule has 0 saturated heterocycles. The summed E-state index contributed by atoms with van der Waals surface area (Å²) in [5, 5.41) is 10.0. The topological polar surface area (TPSA) is 20.2 Å². The van der Waals surface area contributed by atoms with E-state index in [9.17, 15) is 5.11 Å². The molecule has 0 aromatic carbocycles. The highest BCUT2D eigenvalue weighted by molar-refractivity contribution is 6.81. The van der Waals surface area contributed by atoms with Crippen LogP contribution in [-0.4, -0.2) is 18.9 Å². The van der Waals surface area contributed by atoms with Crippen LogP contribution >= 0.6 is 0 Å². The summed E-state index contributed by atoms with van der Waals surface area (Å²) in [6.45, 7) is 12.7. The molecular formula is C10H20OSi. The summed E-state index contributed by atoms with van der Waals surface area (Å²) in [5.74, 6) is 5.64. The van der Waals surface area contributed by atoms with Gasteiger partial charge in [-0.15, -0.1) is 5.92 Å². The summed E-state index contributed by atoms with van der Waals surface area (Å²) in [6.07, 6.45) is 0. The summed E-state index contributed by atoms with van der Waals surface area (Å²) in [4.78, 5) is 0. The maximum Gasteiger partial charge on any atom is 0.103 e. The first-order valence-corrected chi connectivity index (χ1v) is 7.41. The number of aliphatic hydroxyl groups excluding tert-OH is 1. The lowest BCUT2D eigenvalue weighted by Crippen LogP contribution is -2.48. The summed E-state index contributed by atoms with van der Waals surface area (Å²) in [5.41, 5.74) is -0.400. The van der Waals surface area contributed by atoms with E-state index in [1.54, 1.807) is 6.92 Å². The van der Waals surface area contributed by atoms with E-state index in [1.165, 1.54) is 0 Å². The fourth-order valence-corrected chi connectivity index (χ4v) is 2.05. The predicted octanol–water partition coefficient (Wildman–Crippen LogP) is 2.42. The van der Waals surface area contributed by atoms with E-state index in [4.69, 9.17) is 0 Å². The minimum absolute atomic E-state index is 0.205.